The minimum Gasteiger partial charge on any atom is -0.322 e. The summed E-state index contributed by atoms with van der Waals surface area (Å²) < 4.78 is 0. The Kier molecular flexibility index (Phi) is 4.99. The minimum atomic E-state index is -0.264. The molecule has 5 heteroatoms. The monoisotopic (exact) mass is 390 g/mol. The van der Waals surface area contributed by atoms with Crippen LogP contribution < -0.4 is 10.2 Å². The second-order valence-electron chi connectivity index (χ2n) is 8.45. The van der Waals surface area contributed by atoms with Gasteiger partial charge in [0.15, 0.2) is 0 Å². The Labute approximate surface area is 171 Å². The number of nitrogens with one attached hydrogen (secondary N) is 1. The molecule has 1 aliphatic carbocycles. The predicted molar refractivity (Wildman–Crippen MR) is 113 cm³/mol. The van der Waals surface area contributed by atoms with E-state index in [1.807, 2.05) is 32.0 Å². The molecule has 0 bridgehead atoms. The van der Waals surface area contributed by atoms with Gasteiger partial charge in [-0.1, -0.05) is 19.1 Å². The van der Waals surface area contributed by atoms with E-state index in [1.165, 1.54) is 4.90 Å². The van der Waals surface area contributed by atoms with Gasteiger partial charge in [0, 0.05) is 11.3 Å². The van der Waals surface area contributed by atoms with Crippen molar-refractivity contribution in [3.05, 3.63) is 59.2 Å². The summed E-state index contributed by atoms with van der Waals surface area (Å²) in [6.45, 7) is 6.15. The summed E-state index contributed by atoms with van der Waals surface area (Å²) in [6, 6.07) is 12.5. The zero-order chi connectivity index (χ0) is 20.7. The van der Waals surface area contributed by atoms with Crippen molar-refractivity contribution in [1.82, 2.24) is 0 Å². The molecule has 2 aromatic rings. The van der Waals surface area contributed by atoms with Crippen LogP contribution in [0.25, 0.3) is 0 Å². The molecular formula is C24H26N2O3. The number of amides is 3. The SMILES string of the molecule is Cc1ccc(NC(=O)c2cccc(N3C(=O)[C@@H]4CC[C@@H](C)C[C@H]4C3=O)c2)cc1C. The average Bonchev–Trinajstić information content (AvgIpc) is 2.94. The van der Waals surface area contributed by atoms with Crippen molar-refractivity contribution >= 4 is 29.1 Å². The van der Waals surface area contributed by atoms with Gasteiger partial charge in [-0.3, -0.25) is 19.3 Å². The molecule has 1 N–H and O–H groups in total. The molecule has 0 unspecified atom stereocenters. The molecule has 4 rings (SSSR count). The molecule has 0 spiro atoms. The van der Waals surface area contributed by atoms with Crippen molar-refractivity contribution in [1.29, 1.82) is 0 Å². The maximum atomic E-state index is 12.9. The number of benzene rings is 2. The van der Waals surface area contributed by atoms with Crippen molar-refractivity contribution in [2.45, 2.75) is 40.0 Å². The molecule has 2 fully saturated rings. The fourth-order valence-electron chi connectivity index (χ4n) is 4.45. The van der Waals surface area contributed by atoms with Crippen LogP contribution in [0.15, 0.2) is 42.5 Å². The van der Waals surface area contributed by atoms with Crippen LogP contribution in [0.3, 0.4) is 0 Å². The molecule has 1 saturated carbocycles. The highest BCUT2D eigenvalue weighted by molar-refractivity contribution is 6.22. The van der Waals surface area contributed by atoms with Gasteiger partial charge in [-0.15, -0.1) is 0 Å². The molecule has 3 atom stereocenters. The molecule has 2 aliphatic rings. The second-order valence-corrected chi connectivity index (χ2v) is 8.45. The molecule has 29 heavy (non-hydrogen) atoms. The van der Waals surface area contributed by atoms with Crippen molar-refractivity contribution in [2.75, 3.05) is 10.2 Å². The van der Waals surface area contributed by atoms with E-state index in [0.717, 1.165) is 36.1 Å². The molecular weight excluding hydrogens is 364 g/mol. The van der Waals surface area contributed by atoms with Crippen molar-refractivity contribution in [3.63, 3.8) is 0 Å². The lowest BCUT2D eigenvalue weighted by molar-refractivity contribution is -0.122. The Balaban J connectivity index is 1.57. The molecule has 0 radical (unpaired) electrons. The summed E-state index contributed by atoms with van der Waals surface area (Å²) in [6.07, 6.45) is 2.50. The smallest absolute Gasteiger partial charge is 0.255 e. The van der Waals surface area contributed by atoms with Gasteiger partial charge in [-0.2, -0.15) is 0 Å². The predicted octanol–water partition coefficient (Wildman–Crippen LogP) is 4.48. The van der Waals surface area contributed by atoms with Crippen molar-refractivity contribution < 1.29 is 14.4 Å². The van der Waals surface area contributed by atoms with Crippen LogP contribution in [0.2, 0.25) is 0 Å². The van der Waals surface area contributed by atoms with Crippen molar-refractivity contribution in [2.24, 2.45) is 17.8 Å². The Morgan fingerprint density at radius 2 is 1.72 bits per heavy atom. The summed E-state index contributed by atoms with van der Waals surface area (Å²) in [5, 5.41) is 2.89. The molecule has 1 heterocycles. The van der Waals surface area contributed by atoms with E-state index in [9.17, 15) is 14.4 Å². The van der Waals surface area contributed by atoms with E-state index >= 15 is 0 Å². The Morgan fingerprint density at radius 1 is 0.966 bits per heavy atom. The number of imide groups is 1. The summed E-state index contributed by atoms with van der Waals surface area (Å²) in [7, 11) is 0. The highest BCUT2D eigenvalue weighted by Gasteiger charge is 2.50. The van der Waals surface area contributed by atoms with E-state index in [0.29, 0.717) is 17.2 Å². The molecule has 3 amide bonds. The lowest BCUT2D eigenvalue weighted by atomic mass is 9.76. The van der Waals surface area contributed by atoms with Crippen LogP contribution in [0, 0.1) is 31.6 Å². The van der Waals surface area contributed by atoms with Gasteiger partial charge >= 0.3 is 0 Å². The molecule has 5 nitrogen and oxygen atoms in total. The maximum Gasteiger partial charge on any atom is 0.255 e. The third kappa shape index (κ3) is 3.57. The first-order valence-corrected chi connectivity index (χ1v) is 10.2. The van der Waals surface area contributed by atoms with Crippen LogP contribution in [0.4, 0.5) is 11.4 Å². The number of hydrogen-bond acceptors (Lipinski definition) is 3. The number of carbonyl (C=O) groups is 3. The van der Waals surface area contributed by atoms with E-state index in [-0.39, 0.29) is 29.6 Å². The number of carbonyl (C=O) groups excluding carboxylic acids is 3. The van der Waals surface area contributed by atoms with Crippen LogP contribution >= 0.6 is 0 Å². The maximum absolute atomic E-state index is 12.9. The quantitative estimate of drug-likeness (QED) is 0.786. The highest BCUT2D eigenvalue weighted by atomic mass is 16.2. The third-order valence-corrected chi connectivity index (χ3v) is 6.32. The molecule has 1 saturated heterocycles. The van der Waals surface area contributed by atoms with Gasteiger partial charge in [0.2, 0.25) is 11.8 Å². The Morgan fingerprint density at radius 3 is 2.48 bits per heavy atom. The molecule has 150 valence electrons. The first-order chi connectivity index (χ1) is 13.8. The number of nitrogens with zero attached hydrogens (tertiary/aromatic N) is 1. The zero-order valence-corrected chi connectivity index (χ0v) is 17.1. The topological polar surface area (TPSA) is 66.5 Å². The first kappa shape index (κ1) is 19.4. The van der Waals surface area contributed by atoms with Gasteiger partial charge in [0.05, 0.1) is 17.5 Å². The fourth-order valence-corrected chi connectivity index (χ4v) is 4.45. The van der Waals surface area contributed by atoms with E-state index in [1.54, 1.807) is 24.3 Å². The lowest BCUT2D eigenvalue weighted by Gasteiger charge is -2.25. The van der Waals surface area contributed by atoms with Gasteiger partial charge in [-0.25, -0.2) is 0 Å². The number of rotatable bonds is 3. The lowest BCUT2D eigenvalue weighted by Crippen LogP contribution is -2.31. The standard InChI is InChI=1S/C24H26N2O3/c1-14-7-10-20-21(11-14)24(29)26(23(20)28)19-6-4-5-17(13-19)22(27)25-18-9-8-15(2)16(3)12-18/h4-6,8-9,12-14,20-21H,7,10-11H2,1-3H3,(H,25,27)/t14-,20-,21-/m1/s1. The van der Waals surface area contributed by atoms with Crippen LogP contribution in [-0.2, 0) is 9.59 Å². The highest BCUT2D eigenvalue weighted by Crippen LogP contribution is 2.42. The second kappa shape index (κ2) is 7.47. The van der Waals surface area contributed by atoms with Crippen LogP contribution in [0.1, 0.15) is 47.7 Å². The number of aryl methyl sites for hydroxylation is 2. The average molecular weight is 390 g/mol. The summed E-state index contributed by atoms with van der Waals surface area (Å²) >= 11 is 0. The normalized spacial score (nSPS) is 23.8. The fraction of sp³-hybridized carbons (Fsp3) is 0.375. The summed E-state index contributed by atoms with van der Waals surface area (Å²) in [5.41, 5.74) is 3.88. The van der Waals surface area contributed by atoms with Crippen LogP contribution in [-0.4, -0.2) is 17.7 Å². The first-order valence-electron chi connectivity index (χ1n) is 10.2. The van der Waals surface area contributed by atoms with Gasteiger partial charge in [0.25, 0.3) is 5.91 Å². The number of anilines is 2. The summed E-state index contributed by atoms with van der Waals surface area (Å²) in [4.78, 5) is 39.9. The van der Waals surface area contributed by atoms with E-state index < -0.39 is 0 Å². The minimum absolute atomic E-state index is 0.126. The van der Waals surface area contributed by atoms with E-state index in [4.69, 9.17) is 0 Å². The Hall–Kier alpha value is -2.95. The number of fused-ring (bicyclic) bond motifs is 1. The third-order valence-electron chi connectivity index (χ3n) is 6.32. The molecule has 2 aromatic carbocycles. The largest absolute Gasteiger partial charge is 0.322 e. The summed E-state index contributed by atoms with van der Waals surface area (Å²) in [5.74, 6) is -0.494. The number of hydrogen-bond donors (Lipinski definition) is 1. The Bertz CT molecular complexity index is 997. The molecule has 1 aliphatic heterocycles. The van der Waals surface area contributed by atoms with Gasteiger partial charge in [-0.05, 0) is 80.5 Å². The van der Waals surface area contributed by atoms with Gasteiger partial charge in [0.1, 0.15) is 0 Å². The van der Waals surface area contributed by atoms with Crippen molar-refractivity contribution in [3.8, 4) is 0 Å². The molecule has 0 aromatic heterocycles. The van der Waals surface area contributed by atoms with Gasteiger partial charge < -0.3 is 5.32 Å². The van der Waals surface area contributed by atoms with Crippen LogP contribution in [0.5, 0.6) is 0 Å². The van der Waals surface area contributed by atoms with E-state index in [2.05, 4.69) is 12.2 Å². The zero-order valence-electron chi connectivity index (χ0n) is 17.1.